The highest BCUT2D eigenvalue weighted by molar-refractivity contribution is 5.83. The number of aryl methyl sites for hydroxylation is 1. The van der Waals surface area contributed by atoms with E-state index in [4.69, 9.17) is 5.73 Å². The van der Waals surface area contributed by atoms with Crippen LogP contribution >= 0.6 is 0 Å². The Morgan fingerprint density at radius 3 is 2.48 bits per heavy atom. The number of nitrogens with two attached hydrogens (primary N) is 1. The van der Waals surface area contributed by atoms with Crippen LogP contribution in [0.3, 0.4) is 0 Å². The van der Waals surface area contributed by atoms with Gasteiger partial charge in [0.05, 0.1) is 18.0 Å². The fourth-order valence-corrected chi connectivity index (χ4v) is 5.63. The van der Waals surface area contributed by atoms with Gasteiger partial charge in [0.25, 0.3) is 0 Å². The molecular formula is C27H36N4O2. The standard InChI is InChI=1S/C27H36N4O2/c1-18(2)29-26(33)23-16-31(15-20-9-5-4-6-10-20)17-27(23)14-13-21-11-7-8-12-22(21)24(27)30-25(32)19(3)28/h4-12,18-19,23-24H,13-17,28H2,1-3H3,(H,29,33)(H,30,32). The fourth-order valence-electron chi connectivity index (χ4n) is 5.63. The first-order valence-electron chi connectivity index (χ1n) is 12.0. The quantitative estimate of drug-likeness (QED) is 0.634. The van der Waals surface area contributed by atoms with Crippen molar-refractivity contribution in [3.8, 4) is 0 Å². The van der Waals surface area contributed by atoms with Crippen molar-refractivity contribution in [1.29, 1.82) is 0 Å². The summed E-state index contributed by atoms with van der Waals surface area (Å²) in [4.78, 5) is 28.7. The zero-order chi connectivity index (χ0) is 23.6. The van der Waals surface area contributed by atoms with E-state index in [1.807, 2.05) is 44.2 Å². The van der Waals surface area contributed by atoms with Gasteiger partial charge < -0.3 is 16.4 Å². The number of nitrogens with zero attached hydrogens (tertiary/aromatic N) is 1. The molecule has 1 heterocycles. The van der Waals surface area contributed by atoms with Gasteiger partial charge in [-0.05, 0) is 50.3 Å². The van der Waals surface area contributed by atoms with Crippen molar-refractivity contribution in [2.45, 2.75) is 58.3 Å². The predicted molar refractivity (Wildman–Crippen MR) is 130 cm³/mol. The topological polar surface area (TPSA) is 87.5 Å². The summed E-state index contributed by atoms with van der Waals surface area (Å²) in [5, 5.41) is 6.42. The van der Waals surface area contributed by atoms with Crippen LogP contribution in [0.2, 0.25) is 0 Å². The van der Waals surface area contributed by atoms with Crippen molar-refractivity contribution >= 4 is 11.8 Å². The minimum Gasteiger partial charge on any atom is -0.354 e. The molecule has 4 unspecified atom stereocenters. The van der Waals surface area contributed by atoms with E-state index < -0.39 is 11.5 Å². The molecule has 2 amide bonds. The molecule has 4 rings (SSSR count). The molecular weight excluding hydrogens is 412 g/mol. The molecule has 0 radical (unpaired) electrons. The van der Waals surface area contributed by atoms with E-state index >= 15 is 0 Å². The van der Waals surface area contributed by atoms with Crippen molar-refractivity contribution in [3.63, 3.8) is 0 Å². The van der Waals surface area contributed by atoms with Gasteiger partial charge in [0.15, 0.2) is 0 Å². The molecule has 1 spiro atoms. The third-order valence-corrected chi connectivity index (χ3v) is 7.15. The van der Waals surface area contributed by atoms with Crippen LogP contribution in [0.5, 0.6) is 0 Å². The smallest absolute Gasteiger partial charge is 0.237 e. The van der Waals surface area contributed by atoms with Gasteiger partial charge in [-0.15, -0.1) is 0 Å². The third-order valence-electron chi connectivity index (χ3n) is 7.15. The zero-order valence-electron chi connectivity index (χ0n) is 19.9. The Balaban J connectivity index is 1.74. The minimum absolute atomic E-state index is 0.0608. The van der Waals surface area contributed by atoms with Gasteiger partial charge >= 0.3 is 0 Å². The molecule has 33 heavy (non-hydrogen) atoms. The number of nitrogens with one attached hydrogen (secondary N) is 2. The predicted octanol–water partition coefficient (Wildman–Crippen LogP) is 2.78. The first kappa shape index (κ1) is 23.5. The van der Waals surface area contributed by atoms with E-state index in [0.717, 1.165) is 31.5 Å². The highest BCUT2D eigenvalue weighted by Crippen LogP contribution is 2.53. The molecule has 6 heteroatoms. The Bertz CT molecular complexity index is 991. The molecule has 0 saturated carbocycles. The summed E-state index contributed by atoms with van der Waals surface area (Å²) in [5.41, 5.74) is 9.13. The molecule has 0 aromatic heterocycles. The van der Waals surface area contributed by atoms with Crippen molar-refractivity contribution in [3.05, 3.63) is 71.3 Å². The van der Waals surface area contributed by atoms with Gasteiger partial charge in [0.2, 0.25) is 11.8 Å². The van der Waals surface area contributed by atoms with Crippen LogP contribution in [0.4, 0.5) is 0 Å². The molecule has 2 aromatic rings. The van der Waals surface area contributed by atoms with Gasteiger partial charge in [-0.25, -0.2) is 0 Å². The van der Waals surface area contributed by atoms with Crippen molar-refractivity contribution in [2.24, 2.45) is 17.1 Å². The van der Waals surface area contributed by atoms with Gasteiger partial charge in [0, 0.05) is 31.1 Å². The summed E-state index contributed by atoms with van der Waals surface area (Å²) in [7, 11) is 0. The van der Waals surface area contributed by atoms with Gasteiger partial charge in [-0.1, -0.05) is 54.6 Å². The minimum atomic E-state index is -0.610. The third kappa shape index (κ3) is 4.82. The molecule has 1 aliphatic carbocycles. The number of benzene rings is 2. The zero-order valence-corrected chi connectivity index (χ0v) is 19.9. The number of likely N-dealkylation sites (tertiary alicyclic amines) is 1. The van der Waals surface area contributed by atoms with Crippen molar-refractivity contribution in [1.82, 2.24) is 15.5 Å². The number of fused-ring (bicyclic) bond motifs is 1. The second-order valence-corrected chi connectivity index (χ2v) is 10.0. The number of carbonyl (C=O) groups excluding carboxylic acids is 2. The largest absolute Gasteiger partial charge is 0.354 e. The molecule has 176 valence electrons. The second-order valence-electron chi connectivity index (χ2n) is 10.0. The highest BCUT2D eigenvalue weighted by atomic mass is 16.2. The van der Waals surface area contributed by atoms with Crippen LogP contribution < -0.4 is 16.4 Å². The molecule has 6 nitrogen and oxygen atoms in total. The van der Waals surface area contributed by atoms with Gasteiger partial charge in [0.1, 0.15) is 0 Å². The average Bonchev–Trinajstić information content (AvgIpc) is 3.14. The van der Waals surface area contributed by atoms with Crippen molar-refractivity contribution in [2.75, 3.05) is 13.1 Å². The lowest BCUT2D eigenvalue weighted by Gasteiger charge is -2.46. The first-order valence-corrected chi connectivity index (χ1v) is 12.0. The summed E-state index contributed by atoms with van der Waals surface area (Å²) in [6, 6.07) is 17.8. The summed E-state index contributed by atoms with van der Waals surface area (Å²) >= 11 is 0. The molecule has 4 atom stereocenters. The van der Waals surface area contributed by atoms with Crippen LogP contribution in [0.25, 0.3) is 0 Å². The number of carbonyl (C=O) groups is 2. The molecule has 0 bridgehead atoms. The maximum absolute atomic E-state index is 13.5. The van der Waals surface area contributed by atoms with Gasteiger partial charge in [-0.2, -0.15) is 0 Å². The molecule has 2 aromatic carbocycles. The molecule has 1 aliphatic heterocycles. The molecule has 4 N–H and O–H groups in total. The Kier molecular flexibility index (Phi) is 6.86. The van der Waals surface area contributed by atoms with E-state index in [-0.39, 0.29) is 29.8 Å². The summed E-state index contributed by atoms with van der Waals surface area (Å²) in [6.45, 7) is 7.88. The number of rotatable bonds is 6. The first-order chi connectivity index (χ1) is 15.8. The van der Waals surface area contributed by atoms with Crippen LogP contribution in [0.15, 0.2) is 54.6 Å². The lowest BCUT2D eigenvalue weighted by atomic mass is 9.62. The molecule has 2 aliphatic rings. The Hall–Kier alpha value is -2.70. The van der Waals surface area contributed by atoms with E-state index in [1.165, 1.54) is 11.1 Å². The Morgan fingerprint density at radius 1 is 1.09 bits per heavy atom. The van der Waals surface area contributed by atoms with E-state index in [1.54, 1.807) is 6.92 Å². The van der Waals surface area contributed by atoms with Crippen LogP contribution in [0, 0.1) is 11.3 Å². The van der Waals surface area contributed by atoms with Crippen LogP contribution in [-0.4, -0.2) is 41.9 Å². The van der Waals surface area contributed by atoms with Crippen LogP contribution in [-0.2, 0) is 22.6 Å². The van der Waals surface area contributed by atoms with Crippen molar-refractivity contribution < 1.29 is 9.59 Å². The Morgan fingerprint density at radius 2 is 1.79 bits per heavy atom. The van der Waals surface area contributed by atoms with Crippen LogP contribution in [0.1, 0.15) is 49.9 Å². The number of hydrogen-bond donors (Lipinski definition) is 3. The van der Waals surface area contributed by atoms with E-state index in [9.17, 15) is 9.59 Å². The number of amides is 2. The molecule has 1 fully saturated rings. The highest BCUT2D eigenvalue weighted by Gasteiger charge is 2.56. The summed E-state index contributed by atoms with van der Waals surface area (Å²) < 4.78 is 0. The Labute approximate surface area is 196 Å². The SMILES string of the molecule is CC(C)NC(=O)C1CN(Cc2ccccc2)CC12CCc1ccccc1C2NC(=O)C(C)N. The second kappa shape index (κ2) is 9.65. The maximum Gasteiger partial charge on any atom is 0.237 e. The average molecular weight is 449 g/mol. The maximum atomic E-state index is 13.5. The van der Waals surface area contributed by atoms with E-state index in [2.05, 4.69) is 39.8 Å². The summed E-state index contributed by atoms with van der Waals surface area (Å²) in [5.74, 6) is -0.337. The van der Waals surface area contributed by atoms with E-state index in [0.29, 0.717) is 6.54 Å². The lowest BCUT2D eigenvalue weighted by Crippen LogP contribution is -2.54. The fraction of sp³-hybridized carbons (Fsp3) is 0.481. The lowest BCUT2D eigenvalue weighted by molar-refractivity contribution is -0.131. The normalized spacial score (nSPS) is 25.6. The summed E-state index contributed by atoms with van der Waals surface area (Å²) in [6.07, 6.45) is 1.74. The molecule has 1 saturated heterocycles. The monoisotopic (exact) mass is 448 g/mol. The number of hydrogen-bond acceptors (Lipinski definition) is 4. The van der Waals surface area contributed by atoms with Gasteiger partial charge in [-0.3, -0.25) is 14.5 Å².